The molecule has 5 nitrogen and oxygen atoms in total. The lowest BCUT2D eigenvalue weighted by molar-refractivity contribution is 0.174. The highest BCUT2D eigenvalue weighted by Crippen LogP contribution is 2.38. The highest BCUT2D eigenvalue weighted by molar-refractivity contribution is 5.94. The van der Waals surface area contributed by atoms with Crippen molar-refractivity contribution in [1.29, 1.82) is 0 Å². The molecule has 110 valence electrons. The molecule has 1 aliphatic heterocycles. The number of pyridine rings is 1. The van der Waals surface area contributed by atoms with Crippen LogP contribution in [-0.2, 0) is 0 Å². The number of nitrogens with zero attached hydrogens (tertiary/aromatic N) is 1. The molecule has 2 heterocycles. The van der Waals surface area contributed by atoms with Crippen LogP contribution >= 0.6 is 0 Å². The molecular formula is C16H19N3O2. The Labute approximate surface area is 123 Å². The molecule has 2 atom stereocenters. The van der Waals surface area contributed by atoms with Crippen LogP contribution in [0.1, 0.15) is 19.3 Å². The van der Waals surface area contributed by atoms with Gasteiger partial charge in [-0.1, -0.05) is 6.42 Å². The molecule has 0 saturated heterocycles. The predicted octanol–water partition coefficient (Wildman–Crippen LogP) is 2.50. The molecule has 1 aliphatic carbocycles. The number of aromatic nitrogens is 1. The van der Waals surface area contributed by atoms with Crippen molar-refractivity contribution in [3.63, 3.8) is 0 Å². The van der Waals surface area contributed by atoms with Crippen molar-refractivity contribution in [3.05, 3.63) is 24.4 Å². The number of ether oxygens (including phenoxy) is 2. The van der Waals surface area contributed by atoms with Gasteiger partial charge in [-0.2, -0.15) is 0 Å². The van der Waals surface area contributed by atoms with Gasteiger partial charge in [0.25, 0.3) is 0 Å². The van der Waals surface area contributed by atoms with Gasteiger partial charge in [0.05, 0.1) is 0 Å². The van der Waals surface area contributed by atoms with Crippen LogP contribution in [0.4, 0.5) is 5.82 Å². The van der Waals surface area contributed by atoms with Gasteiger partial charge in [0.2, 0.25) is 6.79 Å². The average Bonchev–Trinajstić information content (AvgIpc) is 3.13. The molecule has 1 saturated carbocycles. The molecule has 0 spiro atoms. The van der Waals surface area contributed by atoms with E-state index < -0.39 is 0 Å². The minimum absolute atomic E-state index is 0.291. The number of benzene rings is 1. The van der Waals surface area contributed by atoms with E-state index in [-0.39, 0.29) is 0 Å². The van der Waals surface area contributed by atoms with E-state index in [1.165, 1.54) is 12.8 Å². The molecule has 0 radical (unpaired) electrons. The summed E-state index contributed by atoms with van der Waals surface area (Å²) < 4.78 is 10.9. The zero-order valence-corrected chi connectivity index (χ0v) is 11.8. The highest BCUT2D eigenvalue weighted by atomic mass is 16.7. The van der Waals surface area contributed by atoms with Crippen LogP contribution in [0.3, 0.4) is 0 Å². The number of hydrogen-bond donors (Lipinski definition) is 2. The van der Waals surface area contributed by atoms with E-state index in [1.807, 2.05) is 24.4 Å². The van der Waals surface area contributed by atoms with Crippen LogP contribution in [0.2, 0.25) is 0 Å². The molecule has 0 amide bonds. The van der Waals surface area contributed by atoms with Gasteiger partial charge in [0.1, 0.15) is 5.82 Å². The lowest BCUT2D eigenvalue weighted by atomic mass is 10.0. The summed E-state index contributed by atoms with van der Waals surface area (Å²) in [6.45, 7) is 1.02. The number of rotatable bonds is 3. The Morgan fingerprint density at radius 2 is 2.10 bits per heavy atom. The van der Waals surface area contributed by atoms with Crippen LogP contribution in [-0.4, -0.2) is 24.4 Å². The molecule has 1 aromatic carbocycles. The van der Waals surface area contributed by atoms with Crippen molar-refractivity contribution in [2.75, 3.05) is 18.7 Å². The van der Waals surface area contributed by atoms with Gasteiger partial charge in [-0.05, 0) is 48.9 Å². The van der Waals surface area contributed by atoms with Crippen molar-refractivity contribution in [3.8, 4) is 11.5 Å². The summed E-state index contributed by atoms with van der Waals surface area (Å²) in [7, 11) is 0. The smallest absolute Gasteiger partial charge is 0.231 e. The Balaban J connectivity index is 1.71. The fraction of sp³-hybridized carbons (Fsp3) is 0.438. The first-order chi connectivity index (χ1) is 10.3. The second-order valence-electron chi connectivity index (χ2n) is 5.76. The molecule has 2 unspecified atom stereocenters. The number of nitrogens with two attached hydrogens (primary N) is 1. The van der Waals surface area contributed by atoms with Crippen LogP contribution < -0.4 is 20.5 Å². The molecular weight excluding hydrogens is 266 g/mol. The third-order valence-corrected chi connectivity index (χ3v) is 4.54. The first kappa shape index (κ1) is 12.7. The van der Waals surface area contributed by atoms with Crippen LogP contribution in [0.5, 0.6) is 11.5 Å². The van der Waals surface area contributed by atoms with E-state index in [9.17, 15) is 0 Å². The van der Waals surface area contributed by atoms with E-state index in [0.717, 1.165) is 41.1 Å². The van der Waals surface area contributed by atoms with Crippen molar-refractivity contribution < 1.29 is 9.47 Å². The Kier molecular flexibility index (Phi) is 3.07. The monoisotopic (exact) mass is 285 g/mol. The Hall–Kier alpha value is -2.01. The summed E-state index contributed by atoms with van der Waals surface area (Å²) in [5.74, 6) is 3.05. The van der Waals surface area contributed by atoms with Gasteiger partial charge >= 0.3 is 0 Å². The Morgan fingerprint density at radius 1 is 1.24 bits per heavy atom. The topological polar surface area (TPSA) is 69.4 Å². The Morgan fingerprint density at radius 3 is 2.95 bits per heavy atom. The number of fused-ring (bicyclic) bond motifs is 2. The zero-order valence-electron chi connectivity index (χ0n) is 11.8. The van der Waals surface area contributed by atoms with Crippen molar-refractivity contribution in [1.82, 2.24) is 4.98 Å². The zero-order chi connectivity index (χ0) is 14.2. The molecule has 5 heteroatoms. The first-order valence-electron chi connectivity index (χ1n) is 7.50. The second kappa shape index (κ2) is 5.07. The number of nitrogens with one attached hydrogen (secondary N) is 1. The van der Waals surface area contributed by atoms with Gasteiger partial charge in [-0.25, -0.2) is 4.98 Å². The molecule has 2 aliphatic rings. The quantitative estimate of drug-likeness (QED) is 0.906. The summed E-state index contributed by atoms with van der Waals surface area (Å²) in [5, 5.41) is 5.77. The highest BCUT2D eigenvalue weighted by Gasteiger charge is 2.27. The molecule has 3 N–H and O–H groups in total. The summed E-state index contributed by atoms with van der Waals surface area (Å²) in [4.78, 5) is 4.52. The summed E-state index contributed by atoms with van der Waals surface area (Å²) >= 11 is 0. The number of anilines is 1. The van der Waals surface area contributed by atoms with E-state index in [1.54, 1.807) is 0 Å². The maximum absolute atomic E-state index is 5.87. The van der Waals surface area contributed by atoms with Crippen LogP contribution in [0, 0.1) is 5.92 Å². The third kappa shape index (κ3) is 2.17. The van der Waals surface area contributed by atoms with Gasteiger partial charge in [-0.3, -0.25) is 0 Å². The Bertz CT molecular complexity index is 674. The maximum Gasteiger partial charge on any atom is 0.231 e. The molecule has 21 heavy (non-hydrogen) atoms. The van der Waals surface area contributed by atoms with E-state index in [4.69, 9.17) is 15.2 Å². The minimum atomic E-state index is 0.291. The summed E-state index contributed by atoms with van der Waals surface area (Å²) in [6, 6.07) is 6.44. The standard InChI is InChI=1S/C16H19N3O2/c17-8-11-2-1-3-13(11)19-16-12-7-15-14(20-9-21-15)6-10(12)4-5-18-16/h4-7,11,13H,1-3,8-9,17H2,(H,18,19). The van der Waals surface area contributed by atoms with Gasteiger partial charge < -0.3 is 20.5 Å². The number of hydrogen-bond acceptors (Lipinski definition) is 5. The fourth-order valence-corrected chi connectivity index (χ4v) is 3.36. The van der Waals surface area contributed by atoms with Crippen LogP contribution in [0.15, 0.2) is 24.4 Å². The fourth-order valence-electron chi connectivity index (χ4n) is 3.36. The van der Waals surface area contributed by atoms with Crippen molar-refractivity contribution in [2.45, 2.75) is 25.3 Å². The normalized spacial score (nSPS) is 23.7. The van der Waals surface area contributed by atoms with E-state index >= 15 is 0 Å². The minimum Gasteiger partial charge on any atom is -0.454 e. The largest absolute Gasteiger partial charge is 0.454 e. The second-order valence-corrected chi connectivity index (χ2v) is 5.76. The van der Waals surface area contributed by atoms with Crippen molar-refractivity contribution >= 4 is 16.6 Å². The maximum atomic E-state index is 5.87. The molecule has 1 fully saturated rings. The third-order valence-electron chi connectivity index (χ3n) is 4.54. The van der Waals surface area contributed by atoms with Gasteiger partial charge in [0.15, 0.2) is 11.5 Å². The molecule has 1 aromatic heterocycles. The van der Waals surface area contributed by atoms with Gasteiger partial charge in [-0.15, -0.1) is 0 Å². The van der Waals surface area contributed by atoms with E-state index in [0.29, 0.717) is 18.8 Å². The average molecular weight is 285 g/mol. The predicted molar refractivity (Wildman–Crippen MR) is 81.7 cm³/mol. The lowest BCUT2D eigenvalue weighted by Crippen LogP contribution is -2.29. The molecule has 2 aromatic rings. The molecule has 0 bridgehead atoms. The summed E-state index contributed by atoms with van der Waals surface area (Å²) in [6.07, 6.45) is 5.42. The first-order valence-corrected chi connectivity index (χ1v) is 7.50. The van der Waals surface area contributed by atoms with Gasteiger partial charge in [0, 0.05) is 17.6 Å². The van der Waals surface area contributed by atoms with Crippen LogP contribution in [0.25, 0.3) is 10.8 Å². The summed E-state index contributed by atoms with van der Waals surface area (Å²) in [5.41, 5.74) is 5.87. The molecule has 4 rings (SSSR count). The van der Waals surface area contributed by atoms with E-state index in [2.05, 4.69) is 10.3 Å². The van der Waals surface area contributed by atoms with Crippen molar-refractivity contribution in [2.24, 2.45) is 11.7 Å². The lowest BCUT2D eigenvalue weighted by Gasteiger charge is -2.21. The SMILES string of the molecule is NCC1CCCC1Nc1nccc2cc3c(cc12)OCO3.